The number of anilines is 2. The molecular formula is C25H33N5OS. The number of piperazine rings is 1. The molecule has 170 valence electrons. The van der Waals surface area contributed by atoms with Crippen LogP contribution in [0, 0.1) is 0 Å². The smallest absolute Gasteiger partial charge is 0.319 e. The molecule has 6 nitrogen and oxygen atoms in total. The van der Waals surface area contributed by atoms with E-state index in [1.54, 1.807) is 11.5 Å². The summed E-state index contributed by atoms with van der Waals surface area (Å²) in [5.41, 5.74) is 2.09. The maximum atomic E-state index is 12.2. The maximum Gasteiger partial charge on any atom is 0.319 e. The predicted octanol–water partition coefficient (Wildman–Crippen LogP) is 4.97. The van der Waals surface area contributed by atoms with E-state index in [0.717, 1.165) is 76.5 Å². The summed E-state index contributed by atoms with van der Waals surface area (Å²) in [4.78, 5) is 17.1. The number of hydrogen-bond acceptors (Lipinski definition) is 5. The minimum absolute atomic E-state index is 0.113. The maximum absolute atomic E-state index is 12.2. The lowest BCUT2D eigenvalue weighted by Crippen LogP contribution is -2.47. The van der Waals surface area contributed by atoms with Crippen LogP contribution in [0.25, 0.3) is 10.1 Å². The topological polar surface area (TPSA) is 60.5 Å². The van der Waals surface area contributed by atoms with Gasteiger partial charge in [-0.25, -0.2) is 4.79 Å². The minimum atomic E-state index is -0.113. The molecule has 0 atom stereocenters. The van der Waals surface area contributed by atoms with Crippen molar-refractivity contribution < 1.29 is 4.79 Å². The van der Waals surface area contributed by atoms with Gasteiger partial charge in [0.2, 0.25) is 0 Å². The van der Waals surface area contributed by atoms with E-state index in [1.807, 2.05) is 18.2 Å². The third kappa shape index (κ3) is 5.78. The zero-order valence-corrected chi connectivity index (χ0v) is 19.7. The molecule has 0 radical (unpaired) electrons. The Bertz CT molecular complexity index is 1010. The van der Waals surface area contributed by atoms with E-state index >= 15 is 0 Å². The van der Waals surface area contributed by atoms with E-state index in [0.29, 0.717) is 0 Å². The number of aromatic nitrogens is 1. The predicted molar refractivity (Wildman–Crippen MR) is 135 cm³/mol. The van der Waals surface area contributed by atoms with Gasteiger partial charge in [-0.3, -0.25) is 4.90 Å². The van der Waals surface area contributed by atoms with Gasteiger partial charge in [-0.15, -0.1) is 0 Å². The Balaban J connectivity index is 1.26. The third-order valence-electron chi connectivity index (χ3n) is 6.06. The van der Waals surface area contributed by atoms with E-state index in [9.17, 15) is 4.79 Å². The summed E-state index contributed by atoms with van der Waals surface area (Å²) in [6.45, 7) is 7.92. The first kappa shape index (κ1) is 22.6. The number of carbonyl (C=O) groups is 1. The lowest BCUT2D eigenvalue weighted by atomic mass is 10.1. The molecule has 4 rings (SSSR count). The van der Waals surface area contributed by atoms with E-state index in [4.69, 9.17) is 4.37 Å². The summed E-state index contributed by atoms with van der Waals surface area (Å²) in [5, 5.41) is 7.26. The molecule has 2 aromatic carbocycles. The van der Waals surface area contributed by atoms with Gasteiger partial charge in [0.1, 0.15) is 5.82 Å². The van der Waals surface area contributed by atoms with Crippen LogP contribution in [0.5, 0.6) is 0 Å². The number of fused-ring (bicyclic) bond motifs is 1. The SMILES string of the molecule is CCCCCNC(=O)Nc1ccccc1CCN1CCN(c2nsc3ccccc23)CC1. The highest BCUT2D eigenvalue weighted by Crippen LogP contribution is 2.29. The fourth-order valence-corrected chi connectivity index (χ4v) is 4.96. The fraction of sp³-hybridized carbons (Fsp3) is 0.440. The average Bonchev–Trinajstić information content (AvgIpc) is 3.26. The molecule has 1 aliphatic rings. The minimum Gasteiger partial charge on any atom is -0.353 e. The average molecular weight is 452 g/mol. The molecular weight excluding hydrogens is 418 g/mol. The van der Waals surface area contributed by atoms with Crippen LogP contribution in [0.2, 0.25) is 0 Å². The quantitative estimate of drug-likeness (QED) is 0.451. The largest absolute Gasteiger partial charge is 0.353 e. The standard InChI is InChI=1S/C25H33N5OS/c1-2-3-8-14-26-25(31)27-22-11-6-4-9-20(22)13-15-29-16-18-30(19-17-29)24-21-10-5-7-12-23(21)32-28-24/h4-7,9-12H,2-3,8,13-19H2,1H3,(H2,26,27,31). The number of unbranched alkanes of at least 4 members (excludes halogenated alkanes) is 2. The number of amides is 2. The molecule has 0 bridgehead atoms. The second-order valence-corrected chi connectivity index (χ2v) is 9.13. The van der Waals surface area contributed by atoms with Crippen LogP contribution in [0.3, 0.4) is 0 Å². The Kier molecular flexibility index (Phi) is 7.96. The van der Waals surface area contributed by atoms with Gasteiger partial charge in [-0.2, -0.15) is 4.37 Å². The number of nitrogens with zero attached hydrogens (tertiary/aromatic N) is 3. The van der Waals surface area contributed by atoms with Gasteiger partial charge < -0.3 is 15.5 Å². The van der Waals surface area contributed by atoms with Crippen LogP contribution in [0.15, 0.2) is 48.5 Å². The van der Waals surface area contributed by atoms with E-state index in [-0.39, 0.29) is 6.03 Å². The number of para-hydroxylation sites is 1. The number of carbonyl (C=O) groups excluding carboxylic acids is 1. The normalized spacial score (nSPS) is 14.6. The van der Waals surface area contributed by atoms with Gasteiger partial charge in [0.15, 0.2) is 0 Å². The zero-order chi connectivity index (χ0) is 22.2. The highest BCUT2D eigenvalue weighted by molar-refractivity contribution is 7.13. The van der Waals surface area contributed by atoms with Crippen LogP contribution in [0.4, 0.5) is 16.3 Å². The molecule has 2 N–H and O–H groups in total. The van der Waals surface area contributed by atoms with Crippen molar-refractivity contribution in [1.29, 1.82) is 0 Å². The molecule has 1 aliphatic heterocycles. The monoisotopic (exact) mass is 451 g/mol. The van der Waals surface area contributed by atoms with Crippen molar-refractivity contribution in [1.82, 2.24) is 14.6 Å². The Morgan fingerprint density at radius 2 is 1.81 bits per heavy atom. The van der Waals surface area contributed by atoms with Gasteiger partial charge in [0.25, 0.3) is 0 Å². The van der Waals surface area contributed by atoms with E-state index in [1.165, 1.54) is 15.6 Å². The lowest BCUT2D eigenvalue weighted by Gasteiger charge is -2.35. The molecule has 2 amide bonds. The number of nitrogens with one attached hydrogen (secondary N) is 2. The van der Waals surface area contributed by atoms with Gasteiger partial charge in [0, 0.05) is 50.3 Å². The second kappa shape index (κ2) is 11.3. The Morgan fingerprint density at radius 1 is 1.03 bits per heavy atom. The zero-order valence-electron chi connectivity index (χ0n) is 18.8. The number of benzene rings is 2. The number of hydrogen-bond donors (Lipinski definition) is 2. The Hall–Kier alpha value is -2.64. The van der Waals surface area contributed by atoms with Crippen LogP contribution in [0.1, 0.15) is 31.7 Å². The molecule has 0 saturated carbocycles. The van der Waals surface area contributed by atoms with Crippen molar-refractivity contribution >= 4 is 39.2 Å². The first-order valence-corrected chi connectivity index (χ1v) is 12.5. The van der Waals surface area contributed by atoms with Gasteiger partial charge in [-0.1, -0.05) is 50.1 Å². The second-order valence-electron chi connectivity index (χ2n) is 8.33. The van der Waals surface area contributed by atoms with E-state index in [2.05, 4.69) is 57.7 Å². The van der Waals surface area contributed by atoms with Crippen molar-refractivity contribution in [3.63, 3.8) is 0 Å². The first-order chi connectivity index (χ1) is 15.7. The molecule has 0 spiro atoms. The first-order valence-electron chi connectivity index (χ1n) is 11.7. The van der Waals surface area contributed by atoms with E-state index < -0.39 is 0 Å². The summed E-state index contributed by atoms with van der Waals surface area (Å²) < 4.78 is 5.96. The van der Waals surface area contributed by atoms with Crippen molar-refractivity contribution in [3.05, 3.63) is 54.1 Å². The number of urea groups is 1. The van der Waals surface area contributed by atoms with Gasteiger partial charge in [0.05, 0.1) is 4.70 Å². The molecule has 32 heavy (non-hydrogen) atoms. The highest BCUT2D eigenvalue weighted by Gasteiger charge is 2.20. The van der Waals surface area contributed by atoms with Crippen LogP contribution >= 0.6 is 11.5 Å². The lowest BCUT2D eigenvalue weighted by molar-refractivity contribution is 0.251. The van der Waals surface area contributed by atoms with Gasteiger partial charge in [-0.05, 0) is 48.1 Å². The van der Waals surface area contributed by atoms with Crippen molar-refractivity contribution in [2.75, 3.05) is 49.5 Å². The summed E-state index contributed by atoms with van der Waals surface area (Å²) in [7, 11) is 0. The number of rotatable bonds is 9. The molecule has 1 fully saturated rings. The molecule has 1 saturated heterocycles. The highest BCUT2D eigenvalue weighted by atomic mass is 32.1. The molecule has 7 heteroatoms. The van der Waals surface area contributed by atoms with Crippen molar-refractivity contribution in [3.8, 4) is 0 Å². The fourth-order valence-electron chi connectivity index (χ4n) is 4.17. The summed E-state index contributed by atoms with van der Waals surface area (Å²) in [5.74, 6) is 1.13. The van der Waals surface area contributed by atoms with Gasteiger partial charge >= 0.3 is 6.03 Å². The molecule has 1 aromatic heterocycles. The molecule has 0 aliphatic carbocycles. The summed E-state index contributed by atoms with van der Waals surface area (Å²) in [6.07, 6.45) is 4.24. The van der Waals surface area contributed by atoms with Crippen molar-refractivity contribution in [2.24, 2.45) is 0 Å². The summed E-state index contributed by atoms with van der Waals surface area (Å²) in [6, 6.07) is 16.5. The van der Waals surface area contributed by atoms with Crippen LogP contribution in [-0.4, -0.2) is 54.6 Å². The third-order valence-corrected chi connectivity index (χ3v) is 6.88. The summed E-state index contributed by atoms with van der Waals surface area (Å²) >= 11 is 1.58. The van der Waals surface area contributed by atoms with Crippen molar-refractivity contribution in [2.45, 2.75) is 32.6 Å². The Morgan fingerprint density at radius 3 is 2.66 bits per heavy atom. The van der Waals surface area contributed by atoms with Crippen LogP contribution in [-0.2, 0) is 6.42 Å². The molecule has 2 heterocycles. The molecule has 0 unspecified atom stereocenters. The molecule has 3 aromatic rings. The van der Waals surface area contributed by atoms with Crippen LogP contribution < -0.4 is 15.5 Å². The Labute approximate surface area is 194 Å².